The fraction of sp³-hybridized carbons (Fsp3) is 0.0667. The number of fused-ring (bicyclic) bond motifs is 2. The highest BCUT2D eigenvalue weighted by Gasteiger charge is 2.09. The van der Waals surface area contributed by atoms with Crippen LogP contribution in [-0.2, 0) is 4.79 Å². The minimum Gasteiger partial charge on any atom is -0.302 e. The third-order valence-electron chi connectivity index (χ3n) is 3.12. The van der Waals surface area contributed by atoms with E-state index in [0.29, 0.717) is 10.9 Å². The van der Waals surface area contributed by atoms with Crippen molar-refractivity contribution < 1.29 is 4.79 Å². The maximum absolute atomic E-state index is 11.1. The number of thiazole rings is 1. The van der Waals surface area contributed by atoms with Crippen molar-refractivity contribution in [1.29, 1.82) is 0 Å². The number of anilines is 1. The number of aromatic nitrogens is 4. The smallest absolute Gasteiger partial charge is 0.234 e. The zero-order valence-corrected chi connectivity index (χ0v) is 13.7. The normalized spacial score (nSPS) is 11.2. The Morgan fingerprint density at radius 1 is 1.35 bits per heavy atom. The molecule has 0 unspecified atom stereocenters. The van der Waals surface area contributed by atoms with Crippen molar-refractivity contribution in [3.05, 3.63) is 42.9 Å². The summed E-state index contributed by atoms with van der Waals surface area (Å²) in [5, 5.41) is 4.34. The van der Waals surface area contributed by atoms with Crippen molar-refractivity contribution in [2.45, 2.75) is 16.8 Å². The molecule has 0 bridgehead atoms. The Labute approximate surface area is 139 Å². The number of rotatable bonds is 3. The molecule has 23 heavy (non-hydrogen) atoms. The molecule has 0 aliphatic rings. The van der Waals surface area contributed by atoms with E-state index in [1.807, 2.05) is 35.0 Å². The van der Waals surface area contributed by atoms with Gasteiger partial charge in [-0.05, 0) is 24.3 Å². The molecular weight excluding hydrogens is 330 g/mol. The van der Waals surface area contributed by atoms with Gasteiger partial charge in [0.25, 0.3) is 0 Å². The first-order valence-corrected chi connectivity index (χ1v) is 8.46. The van der Waals surface area contributed by atoms with Crippen molar-refractivity contribution in [2.24, 2.45) is 0 Å². The molecule has 1 N–H and O–H groups in total. The molecule has 0 radical (unpaired) electrons. The molecule has 0 aliphatic heterocycles. The largest absolute Gasteiger partial charge is 0.302 e. The SMILES string of the molecule is CC(=O)Nc1nc2ccc(Sc3cnc4ncccn34)cc2s1. The molecule has 4 aromatic rings. The van der Waals surface area contributed by atoms with Crippen LogP contribution in [-0.4, -0.2) is 25.3 Å². The van der Waals surface area contributed by atoms with Gasteiger partial charge in [-0.1, -0.05) is 23.1 Å². The van der Waals surface area contributed by atoms with E-state index in [1.54, 1.807) is 18.0 Å². The first-order chi connectivity index (χ1) is 11.2. The molecule has 8 heteroatoms. The van der Waals surface area contributed by atoms with Gasteiger partial charge in [0.1, 0.15) is 5.03 Å². The number of hydrogen-bond donors (Lipinski definition) is 1. The van der Waals surface area contributed by atoms with E-state index in [-0.39, 0.29) is 5.91 Å². The van der Waals surface area contributed by atoms with Gasteiger partial charge < -0.3 is 5.32 Å². The summed E-state index contributed by atoms with van der Waals surface area (Å²) in [6.45, 7) is 1.48. The van der Waals surface area contributed by atoms with Crippen molar-refractivity contribution in [1.82, 2.24) is 19.4 Å². The lowest BCUT2D eigenvalue weighted by Gasteiger charge is -2.01. The highest BCUT2D eigenvalue weighted by molar-refractivity contribution is 7.99. The predicted molar refractivity (Wildman–Crippen MR) is 91.0 cm³/mol. The first kappa shape index (κ1) is 14.2. The van der Waals surface area contributed by atoms with E-state index in [1.165, 1.54) is 18.3 Å². The van der Waals surface area contributed by atoms with Gasteiger partial charge >= 0.3 is 0 Å². The number of nitrogens with zero attached hydrogens (tertiary/aromatic N) is 4. The van der Waals surface area contributed by atoms with Crippen LogP contribution in [0.1, 0.15) is 6.92 Å². The summed E-state index contributed by atoms with van der Waals surface area (Å²) in [6, 6.07) is 7.92. The van der Waals surface area contributed by atoms with Gasteiger partial charge in [0.05, 0.1) is 16.4 Å². The third-order valence-corrected chi connectivity index (χ3v) is 5.05. The number of carbonyl (C=O) groups is 1. The van der Waals surface area contributed by atoms with Gasteiger partial charge in [0.2, 0.25) is 11.7 Å². The topological polar surface area (TPSA) is 72.2 Å². The average Bonchev–Trinajstić information content (AvgIpc) is 3.10. The Kier molecular flexibility index (Phi) is 3.47. The van der Waals surface area contributed by atoms with E-state index >= 15 is 0 Å². The van der Waals surface area contributed by atoms with Gasteiger partial charge in [-0.25, -0.2) is 15.0 Å². The summed E-state index contributed by atoms with van der Waals surface area (Å²) < 4.78 is 2.98. The minimum absolute atomic E-state index is 0.114. The molecular formula is C15H11N5OS2. The lowest BCUT2D eigenvalue weighted by molar-refractivity contribution is -0.114. The third kappa shape index (κ3) is 2.78. The molecule has 1 aromatic carbocycles. The quantitative estimate of drug-likeness (QED) is 0.618. The van der Waals surface area contributed by atoms with Crippen LogP contribution in [0, 0.1) is 0 Å². The monoisotopic (exact) mass is 341 g/mol. The van der Waals surface area contributed by atoms with Gasteiger partial charge in [-0.2, -0.15) is 0 Å². The number of benzene rings is 1. The number of carbonyl (C=O) groups excluding carboxylic acids is 1. The summed E-state index contributed by atoms with van der Waals surface area (Å²) in [7, 11) is 0. The number of amides is 1. The molecule has 3 heterocycles. The van der Waals surface area contributed by atoms with Gasteiger partial charge in [0, 0.05) is 24.2 Å². The van der Waals surface area contributed by atoms with Gasteiger partial charge in [0.15, 0.2) is 5.13 Å². The van der Waals surface area contributed by atoms with Crippen molar-refractivity contribution >= 4 is 50.1 Å². The molecule has 0 spiro atoms. The highest BCUT2D eigenvalue weighted by Crippen LogP contribution is 2.33. The molecule has 0 fully saturated rings. The van der Waals surface area contributed by atoms with E-state index < -0.39 is 0 Å². The van der Waals surface area contributed by atoms with Crippen molar-refractivity contribution in [3.8, 4) is 0 Å². The number of imidazole rings is 1. The molecule has 6 nitrogen and oxygen atoms in total. The second-order valence-corrected chi connectivity index (χ2v) is 6.94. The summed E-state index contributed by atoms with van der Waals surface area (Å²) >= 11 is 3.08. The van der Waals surface area contributed by atoms with Crippen LogP contribution in [0.5, 0.6) is 0 Å². The Morgan fingerprint density at radius 3 is 3.13 bits per heavy atom. The summed E-state index contributed by atoms with van der Waals surface area (Å²) in [6.07, 6.45) is 5.48. The molecule has 0 atom stereocenters. The van der Waals surface area contributed by atoms with Crippen LogP contribution in [0.3, 0.4) is 0 Å². The summed E-state index contributed by atoms with van der Waals surface area (Å²) in [5.41, 5.74) is 0.878. The summed E-state index contributed by atoms with van der Waals surface area (Å²) in [4.78, 5) is 25.1. The lowest BCUT2D eigenvalue weighted by Crippen LogP contribution is -2.04. The van der Waals surface area contributed by atoms with Crippen LogP contribution in [0.2, 0.25) is 0 Å². The van der Waals surface area contributed by atoms with E-state index in [0.717, 1.165) is 20.1 Å². The van der Waals surface area contributed by atoms with Crippen molar-refractivity contribution in [2.75, 3.05) is 5.32 Å². The Balaban J connectivity index is 1.67. The number of hydrogen-bond acceptors (Lipinski definition) is 6. The Hall–Kier alpha value is -2.45. The summed E-state index contributed by atoms with van der Waals surface area (Å²) in [5.74, 6) is 0.568. The van der Waals surface area contributed by atoms with Crippen LogP contribution in [0.15, 0.2) is 52.8 Å². The van der Waals surface area contributed by atoms with E-state index in [4.69, 9.17) is 0 Å². The standard InChI is InChI=1S/C15H11N5OS2/c1-9(21)18-15-19-11-4-3-10(7-12(11)23-15)22-13-8-17-14-16-5-2-6-20(13)14/h2-8H,1H3,(H,18,19,21). The fourth-order valence-electron chi connectivity index (χ4n) is 2.17. The van der Waals surface area contributed by atoms with Gasteiger partial charge in [-0.3, -0.25) is 9.20 Å². The zero-order chi connectivity index (χ0) is 15.8. The minimum atomic E-state index is -0.114. The van der Waals surface area contributed by atoms with Crippen LogP contribution < -0.4 is 5.32 Å². The zero-order valence-electron chi connectivity index (χ0n) is 12.1. The van der Waals surface area contributed by atoms with Crippen LogP contribution in [0.25, 0.3) is 16.0 Å². The predicted octanol–water partition coefficient (Wildman–Crippen LogP) is 3.45. The molecule has 0 saturated carbocycles. The maximum Gasteiger partial charge on any atom is 0.234 e. The second kappa shape index (κ2) is 5.64. The van der Waals surface area contributed by atoms with Gasteiger partial charge in [-0.15, -0.1) is 0 Å². The molecule has 4 rings (SSSR count). The Bertz CT molecular complexity index is 1020. The molecule has 0 aliphatic carbocycles. The Morgan fingerprint density at radius 2 is 2.26 bits per heavy atom. The maximum atomic E-state index is 11.1. The molecule has 1 amide bonds. The molecule has 3 aromatic heterocycles. The number of nitrogens with one attached hydrogen (secondary N) is 1. The molecule has 0 saturated heterocycles. The second-order valence-electron chi connectivity index (χ2n) is 4.82. The fourth-order valence-corrected chi connectivity index (χ4v) is 4.10. The van der Waals surface area contributed by atoms with Crippen LogP contribution in [0.4, 0.5) is 5.13 Å². The van der Waals surface area contributed by atoms with Crippen LogP contribution >= 0.6 is 23.1 Å². The first-order valence-electron chi connectivity index (χ1n) is 6.83. The van der Waals surface area contributed by atoms with E-state index in [2.05, 4.69) is 26.3 Å². The molecule has 114 valence electrons. The lowest BCUT2D eigenvalue weighted by atomic mass is 10.3. The highest BCUT2D eigenvalue weighted by atomic mass is 32.2. The van der Waals surface area contributed by atoms with Crippen molar-refractivity contribution in [3.63, 3.8) is 0 Å². The van der Waals surface area contributed by atoms with E-state index in [9.17, 15) is 4.79 Å². The average molecular weight is 341 g/mol.